The number of anilines is 1. The Morgan fingerprint density at radius 2 is 1.65 bits per heavy atom. The predicted molar refractivity (Wildman–Crippen MR) is 106 cm³/mol. The second-order valence-electron chi connectivity index (χ2n) is 7.76. The highest BCUT2D eigenvalue weighted by Crippen LogP contribution is 2.36. The van der Waals surface area contributed by atoms with Crippen molar-refractivity contribution >= 4 is 26.4 Å². The van der Waals surface area contributed by atoms with Gasteiger partial charge in [-0.05, 0) is 42.2 Å². The van der Waals surface area contributed by atoms with Gasteiger partial charge < -0.3 is 14.6 Å². The largest absolute Gasteiger partial charge is 0.416 e. The maximum absolute atomic E-state index is 6.26. The summed E-state index contributed by atoms with van der Waals surface area (Å²) in [6, 6.07) is 9.03. The van der Waals surface area contributed by atoms with Crippen LogP contribution in [0.4, 0.5) is 5.69 Å². The summed E-state index contributed by atoms with van der Waals surface area (Å²) in [7, 11) is -1.61. The van der Waals surface area contributed by atoms with Crippen LogP contribution in [-0.4, -0.2) is 41.1 Å². The van der Waals surface area contributed by atoms with E-state index in [0.717, 1.165) is 39.2 Å². The fourth-order valence-electron chi connectivity index (χ4n) is 2.44. The zero-order valence-electron chi connectivity index (χ0n) is 15.3. The van der Waals surface area contributed by atoms with E-state index in [1.54, 1.807) is 0 Å². The van der Waals surface area contributed by atoms with Crippen LogP contribution in [0, 0.1) is 0 Å². The number of nitrogens with one attached hydrogen (secondary N) is 1. The smallest absolute Gasteiger partial charge is 0.191 e. The van der Waals surface area contributed by atoms with Crippen molar-refractivity contribution in [3.8, 4) is 0 Å². The Kier molecular flexibility index (Phi) is 7.59. The molecule has 0 aliphatic carbocycles. The number of halogens is 1. The third-order valence-electron chi connectivity index (χ3n) is 5.08. The minimum absolute atomic E-state index is 0. The minimum atomic E-state index is -1.61. The lowest BCUT2D eigenvalue weighted by Crippen LogP contribution is -2.43. The van der Waals surface area contributed by atoms with E-state index in [2.05, 4.69) is 68.3 Å². The van der Waals surface area contributed by atoms with E-state index in [0.29, 0.717) is 5.04 Å². The van der Waals surface area contributed by atoms with Gasteiger partial charge in [-0.3, -0.25) is 0 Å². The summed E-state index contributed by atoms with van der Waals surface area (Å²) in [5.41, 5.74) is 2.72. The lowest BCUT2D eigenvalue weighted by atomic mass is 10.1. The highest BCUT2D eigenvalue weighted by molar-refractivity contribution is 6.74. The van der Waals surface area contributed by atoms with Crippen LogP contribution in [-0.2, 0) is 10.8 Å². The summed E-state index contributed by atoms with van der Waals surface area (Å²) in [5.74, 6) is 0. The fourth-order valence-corrected chi connectivity index (χ4v) is 3.48. The van der Waals surface area contributed by atoms with Gasteiger partial charge in [-0.15, -0.1) is 12.4 Å². The Morgan fingerprint density at radius 3 is 2.17 bits per heavy atom. The van der Waals surface area contributed by atoms with Crippen molar-refractivity contribution < 1.29 is 4.43 Å². The molecule has 1 heterocycles. The monoisotopic (exact) mass is 356 g/mol. The molecular formula is C18H33ClN2OSi. The van der Waals surface area contributed by atoms with E-state index >= 15 is 0 Å². The van der Waals surface area contributed by atoms with Crippen LogP contribution in [0.1, 0.15) is 26.3 Å². The topological polar surface area (TPSA) is 24.5 Å². The van der Waals surface area contributed by atoms with Crippen LogP contribution in [0.5, 0.6) is 0 Å². The van der Waals surface area contributed by atoms with E-state index in [4.69, 9.17) is 4.43 Å². The van der Waals surface area contributed by atoms with Crippen LogP contribution in [0.25, 0.3) is 0 Å². The molecule has 0 saturated carbocycles. The average molecular weight is 357 g/mol. The lowest BCUT2D eigenvalue weighted by Gasteiger charge is -2.36. The van der Waals surface area contributed by atoms with Gasteiger partial charge in [0.15, 0.2) is 8.32 Å². The normalized spacial score (nSPS) is 16.1. The molecule has 1 saturated heterocycles. The molecule has 0 atom stereocenters. The molecule has 23 heavy (non-hydrogen) atoms. The minimum Gasteiger partial charge on any atom is -0.416 e. The Labute approximate surface area is 149 Å². The van der Waals surface area contributed by atoms with E-state index in [1.807, 2.05) is 0 Å². The number of piperazine rings is 1. The zero-order valence-corrected chi connectivity index (χ0v) is 17.1. The van der Waals surface area contributed by atoms with Crippen molar-refractivity contribution in [1.29, 1.82) is 0 Å². The summed E-state index contributed by atoms with van der Waals surface area (Å²) in [6.45, 7) is 16.7. The Bertz CT molecular complexity index is 465. The highest BCUT2D eigenvalue weighted by Gasteiger charge is 2.36. The maximum atomic E-state index is 6.26. The van der Waals surface area contributed by atoms with Gasteiger partial charge in [-0.1, -0.05) is 32.9 Å². The van der Waals surface area contributed by atoms with Gasteiger partial charge in [0.2, 0.25) is 0 Å². The van der Waals surface area contributed by atoms with Gasteiger partial charge in [0, 0.05) is 38.5 Å². The molecular weight excluding hydrogens is 324 g/mol. The Hall–Kier alpha value is -0.553. The van der Waals surface area contributed by atoms with Crippen molar-refractivity contribution in [1.82, 2.24) is 5.32 Å². The average Bonchev–Trinajstić information content (AvgIpc) is 2.47. The molecule has 0 radical (unpaired) electrons. The van der Waals surface area contributed by atoms with Crippen LogP contribution >= 0.6 is 12.4 Å². The van der Waals surface area contributed by atoms with Gasteiger partial charge in [0.1, 0.15) is 0 Å². The second kappa shape index (κ2) is 8.52. The van der Waals surface area contributed by atoms with E-state index < -0.39 is 8.32 Å². The van der Waals surface area contributed by atoms with Crippen molar-refractivity contribution in [2.24, 2.45) is 0 Å². The molecule has 1 aliphatic heterocycles. The van der Waals surface area contributed by atoms with E-state index in [1.165, 1.54) is 11.3 Å². The summed E-state index contributed by atoms with van der Waals surface area (Å²) in [6.07, 6.45) is 1.01. The molecule has 2 rings (SSSR count). The first-order valence-corrected chi connectivity index (χ1v) is 11.4. The molecule has 0 amide bonds. The van der Waals surface area contributed by atoms with Gasteiger partial charge in [-0.2, -0.15) is 0 Å². The van der Waals surface area contributed by atoms with Crippen LogP contribution in [0.2, 0.25) is 18.1 Å². The van der Waals surface area contributed by atoms with Crippen molar-refractivity contribution in [2.75, 3.05) is 37.7 Å². The second-order valence-corrected chi connectivity index (χ2v) is 12.6. The molecule has 1 fully saturated rings. The van der Waals surface area contributed by atoms with Crippen LogP contribution in [0.3, 0.4) is 0 Å². The zero-order chi connectivity index (χ0) is 16.2. The molecule has 1 aromatic carbocycles. The molecule has 0 bridgehead atoms. The predicted octanol–water partition coefficient (Wildman–Crippen LogP) is 4.08. The SMILES string of the molecule is CC(C)(C)[Si](C)(C)OCCc1ccc(N2CCNCC2)cc1.Cl. The van der Waals surface area contributed by atoms with E-state index in [9.17, 15) is 0 Å². The lowest BCUT2D eigenvalue weighted by molar-refractivity contribution is 0.292. The number of benzene rings is 1. The number of nitrogens with zero attached hydrogens (tertiary/aromatic N) is 1. The quantitative estimate of drug-likeness (QED) is 0.804. The summed E-state index contributed by atoms with van der Waals surface area (Å²) < 4.78 is 6.26. The summed E-state index contributed by atoms with van der Waals surface area (Å²) in [4.78, 5) is 2.45. The van der Waals surface area contributed by atoms with Crippen LogP contribution < -0.4 is 10.2 Å². The molecule has 1 aliphatic rings. The maximum Gasteiger partial charge on any atom is 0.191 e. The van der Waals surface area contributed by atoms with Crippen LogP contribution in [0.15, 0.2) is 24.3 Å². The van der Waals surface area contributed by atoms with E-state index in [-0.39, 0.29) is 12.4 Å². The molecule has 0 unspecified atom stereocenters. The third-order valence-corrected chi connectivity index (χ3v) is 9.62. The van der Waals surface area contributed by atoms with Gasteiger partial charge >= 0.3 is 0 Å². The molecule has 1 N–H and O–H groups in total. The standard InChI is InChI=1S/C18H32N2OSi.ClH/c1-18(2,3)22(4,5)21-15-10-16-6-8-17(9-7-16)20-13-11-19-12-14-20;/h6-9,19H,10-15H2,1-5H3;1H. The van der Waals surface area contributed by atoms with Crippen molar-refractivity contribution in [2.45, 2.75) is 45.3 Å². The highest BCUT2D eigenvalue weighted by atomic mass is 35.5. The van der Waals surface area contributed by atoms with Gasteiger partial charge in [0.25, 0.3) is 0 Å². The van der Waals surface area contributed by atoms with Crippen molar-refractivity contribution in [3.05, 3.63) is 29.8 Å². The van der Waals surface area contributed by atoms with Gasteiger partial charge in [-0.25, -0.2) is 0 Å². The Morgan fingerprint density at radius 1 is 1.09 bits per heavy atom. The fraction of sp³-hybridized carbons (Fsp3) is 0.667. The van der Waals surface area contributed by atoms with Gasteiger partial charge in [0.05, 0.1) is 0 Å². The number of hydrogen-bond acceptors (Lipinski definition) is 3. The van der Waals surface area contributed by atoms with Crippen molar-refractivity contribution in [3.63, 3.8) is 0 Å². The number of rotatable bonds is 5. The summed E-state index contributed by atoms with van der Waals surface area (Å²) >= 11 is 0. The third kappa shape index (κ3) is 5.78. The summed E-state index contributed by atoms with van der Waals surface area (Å²) in [5, 5.41) is 3.69. The first-order valence-electron chi connectivity index (χ1n) is 8.48. The molecule has 1 aromatic rings. The molecule has 0 spiro atoms. The number of hydrogen-bond donors (Lipinski definition) is 1. The molecule has 5 heteroatoms. The first kappa shape index (κ1) is 20.5. The molecule has 0 aromatic heterocycles. The molecule has 132 valence electrons. The molecule has 3 nitrogen and oxygen atoms in total. The Balaban J connectivity index is 0.00000264. The first-order chi connectivity index (χ1) is 10.3.